The molecule has 6 heteroatoms. The van der Waals surface area contributed by atoms with Gasteiger partial charge in [-0.25, -0.2) is 4.98 Å². The van der Waals surface area contributed by atoms with Crippen LogP contribution >= 0.6 is 11.3 Å². The highest BCUT2D eigenvalue weighted by molar-refractivity contribution is 7.13. The second-order valence-electron chi connectivity index (χ2n) is 7.39. The monoisotopic (exact) mass is 406 g/mol. The van der Waals surface area contributed by atoms with E-state index in [2.05, 4.69) is 20.9 Å². The van der Waals surface area contributed by atoms with Gasteiger partial charge in [0, 0.05) is 30.1 Å². The molecule has 0 atom stereocenters. The van der Waals surface area contributed by atoms with E-state index in [1.165, 1.54) is 0 Å². The Balaban J connectivity index is 1.21. The third-order valence-electron chi connectivity index (χ3n) is 5.23. The first kappa shape index (κ1) is 19.6. The smallest absolute Gasteiger partial charge is 0.223 e. The number of thiazole rings is 1. The highest BCUT2D eigenvalue weighted by Gasteiger charge is 2.25. The van der Waals surface area contributed by atoms with E-state index in [1.54, 1.807) is 11.3 Å². The Kier molecular flexibility index (Phi) is 6.54. The molecule has 150 valence electrons. The number of benzene rings is 2. The molecule has 0 saturated carbocycles. The van der Waals surface area contributed by atoms with Gasteiger partial charge in [0.15, 0.2) is 5.13 Å². The van der Waals surface area contributed by atoms with Crippen molar-refractivity contribution in [3.8, 4) is 0 Å². The average molecular weight is 407 g/mol. The van der Waals surface area contributed by atoms with Gasteiger partial charge in [-0.3, -0.25) is 9.69 Å². The minimum Gasteiger partial charge on any atom is -0.352 e. The summed E-state index contributed by atoms with van der Waals surface area (Å²) in [6.07, 6.45) is 1.81. The summed E-state index contributed by atoms with van der Waals surface area (Å²) >= 11 is 1.63. The standard InChI is InChI=1S/C23H26N4OS/c28-22(24-15-18-7-3-1-4-8-18)19-11-13-27(14-12-19)16-21-17-29-23(26-21)25-20-9-5-2-6-10-20/h1-10,17,19H,11-16H2,(H,24,28)(H,25,26). The van der Waals surface area contributed by atoms with E-state index in [0.29, 0.717) is 6.54 Å². The van der Waals surface area contributed by atoms with E-state index in [9.17, 15) is 4.79 Å². The summed E-state index contributed by atoms with van der Waals surface area (Å²) in [5.74, 6) is 0.289. The van der Waals surface area contributed by atoms with Crippen molar-refractivity contribution in [1.29, 1.82) is 0 Å². The topological polar surface area (TPSA) is 57.3 Å². The summed E-state index contributed by atoms with van der Waals surface area (Å²) in [4.78, 5) is 19.6. The number of carbonyl (C=O) groups excluding carboxylic acids is 1. The summed E-state index contributed by atoms with van der Waals surface area (Å²) in [7, 11) is 0. The lowest BCUT2D eigenvalue weighted by Crippen LogP contribution is -2.40. The van der Waals surface area contributed by atoms with Gasteiger partial charge in [0.25, 0.3) is 0 Å². The molecule has 2 aromatic carbocycles. The van der Waals surface area contributed by atoms with Gasteiger partial charge >= 0.3 is 0 Å². The van der Waals surface area contributed by atoms with E-state index < -0.39 is 0 Å². The lowest BCUT2D eigenvalue weighted by Gasteiger charge is -2.30. The van der Waals surface area contributed by atoms with Crippen LogP contribution in [-0.4, -0.2) is 28.9 Å². The van der Waals surface area contributed by atoms with E-state index in [4.69, 9.17) is 4.98 Å². The van der Waals surface area contributed by atoms with Gasteiger partial charge in [0.1, 0.15) is 0 Å². The second kappa shape index (κ2) is 9.67. The summed E-state index contributed by atoms with van der Waals surface area (Å²) in [5, 5.41) is 9.46. The predicted molar refractivity (Wildman–Crippen MR) is 118 cm³/mol. The van der Waals surface area contributed by atoms with Crippen LogP contribution in [0, 0.1) is 5.92 Å². The Labute approximate surface area is 175 Å². The average Bonchev–Trinajstić information content (AvgIpc) is 3.20. The van der Waals surface area contributed by atoms with Crippen LogP contribution in [0.1, 0.15) is 24.1 Å². The number of rotatable bonds is 7. The van der Waals surface area contributed by atoms with Crippen molar-refractivity contribution < 1.29 is 4.79 Å². The van der Waals surface area contributed by atoms with Crippen LogP contribution in [0.25, 0.3) is 0 Å². The fourth-order valence-corrected chi connectivity index (χ4v) is 4.32. The zero-order valence-corrected chi connectivity index (χ0v) is 17.2. The normalized spacial score (nSPS) is 15.2. The Bertz CT molecular complexity index is 905. The molecule has 5 nitrogen and oxygen atoms in total. The molecule has 0 radical (unpaired) electrons. The van der Waals surface area contributed by atoms with Crippen LogP contribution in [0.3, 0.4) is 0 Å². The molecule has 1 amide bonds. The van der Waals surface area contributed by atoms with Gasteiger partial charge in [-0.05, 0) is 43.6 Å². The number of nitrogens with one attached hydrogen (secondary N) is 2. The molecule has 1 saturated heterocycles. The first-order valence-corrected chi connectivity index (χ1v) is 10.9. The van der Waals surface area contributed by atoms with E-state index in [-0.39, 0.29) is 11.8 Å². The zero-order chi connectivity index (χ0) is 19.9. The number of amides is 1. The molecule has 1 aliphatic rings. The number of piperidine rings is 1. The number of hydrogen-bond donors (Lipinski definition) is 2. The molecule has 1 aliphatic heterocycles. The maximum Gasteiger partial charge on any atom is 0.223 e. The fourth-order valence-electron chi connectivity index (χ4n) is 3.59. The van der Waals surface area contributed by atoms with Crippen LogP contribution in [-0.2, 0) is 17.9 Å². The summed E-state index contributed by atoms with van der Waals surface area (Å²) < 4.78 is 0. The van der Waals surface area contributed by atoms with Gasteiger partial charge in [0.2, 0.25) is 5.91 Å². The predicted octanol–water partition coefficient (Wildman–Crippen LogP) is 4.42. The Morgan fingerprint density at radius 2 is 1.72 bits per heavy atom. The maximum absolute atomic E-state index is 12.5. The molecule has 29 heavy (non-hydrogen) atoms. The maximum atomic E-state index is 12.5. The van der Waals surface area contributed by atoms with Crippen molar-refractivity contribution in [2.24, 2.45) is 5.92 Å². The summed E-state index contributed by atoms with van der Waals surface area (Å²) in [5.41, 5.74) is 3.28. The number of aromatic nitrogens is 1. The van der Waals surface area contributed by atoms with Gasteiger partial charge in [0.05, 0.1) is 5.69 Å². The number of para-hydroxylation sites is 1. The van der Waals surface area contributed by atoms with Crippen LogP contribution in [0.2, 0.25) is 0 Å². The van der Waals surface area contributed by atoms with Gasteiger partial charge in [-0.15, -0.1) is 11.3 Å². The quantitative estimate of drug-likeness (QED) is 0.610. The van der Waals surface area contributed by atoms with Crippen LogP contribution in [0.5, 0.6) is 0 Å². The van der Waals surface area contributed by atoms with Crippen molar-refractivity contribution in [2.75, 3.05) is 18.4 Å². The number of anilines is 2. The van der Waals surface area contributed by atoms with Crippen molar-refractivity contribution >= 4 is 28.1 Å². The molecule has 2 heterocycles. The van der Waals surface area contributed by atoms with Crippen molar-refractivity contribution in [2.45, 2.75) is 25.9 Å². The summed E-state index contributed by atoms with van der Waals surface area (Å²) in [6, 6.07) is 20.2. The molecule has 0 bridgehead atoms. The molecule has 1 aromatic heterocycles. The van der Waals surface area contributed by atoms with Crippen LogP contribution in [0.15, 0.2) is 66.0 Å². The molecule has 3 aromatic rings. The Hall–Kier alpha value is -2.70. The molecule has 4 rings (SSSR count). The Morgan fingerprint density at radius 3 is 2.45 bits per heavy atom. The Morgan fingerprint density at radius 1 is 1.03 bits per heavy atom. The molecule has 0 aliphatic carbocycles. The largest absolute Gasteiger partial charge is 0.352 e. The van der Waals surface area contributed by atoms with E-state index in [1.807, 2.05) is 60.7 Å². The highest BCUT2D eigenvalue weighted by Crippen LogP contribution is 2.23. The van der Waals surface area contributed by atoms with Crippen molar-refractivity contribution in [1.82, 2.24) is 15.2 Å². The molecular weight excluding hydrogens is 380 g/mol. The minimum absolute atomic E-state index is 0.112. The molecule has 1 fully saturated rings. The number of carbonyl (C=O) groups is 1. The first-order valence-electron chi connectivity index (χ1n) is 10.1. The number of hydrogen-bond acceptors (Lipinski definition) is 5. The minimum atomic E-state index is 0.112. The summed E-state index contributed by atoms with van der Waals surface area (Å²) in [6.45, 7) is 3.31. The number of likely N-dealkylation sites (tertiary alicyclic amines) is 1. The SMILES string of the molecule is O=C(NCc1ccccc1)C1CCN(Cc2csc(Nc3ccccc3)n2)CC1. The van der Waals surface area contributed by atoms with E-state index >= 15 is 0 Å². The van der Waals surface area contributed by atoms with Gasteiger partial charge < -0.3 is 10.6 Å². The zero-order valence-electron chi connectivity index (χ0n) is 16.4. The highest BCUT2D eigenvalue weighted by atomic mass is 32.1. The van der Waals surface area contributed by atoms with Gasteiger partial charge in [-0.2, -0.15) is 0 Å². The third kappa shape index (κ3) is 5.65. The molecule has 0 unspecified atom stereocenters. The van der Waals surface area contributed by atoms with Gasteiger partial charge in [-0.1, -0.05) is 48.5 Å². The number of nitrogens with zero attached hydrogens (tertiary/aromatic N) is 2. The van der Waals surface area contributed by atoms with Crippen molar-refractivity contribution in [3.05, 3.63) is 77.3 Å². The molecular formula is C23H26N4OS. The third-order valence-corrected chi connectivity index (χ3v) is 6.04. The first-order chi connectivity index (χ1) is 14.3. The van der Waals surface area contributed by atoms with Crippen LogP contribution < -0.4 is 10.6 Å². The molecule has 0 spiro atoms. The van der Waals surface area contributed by atoms with Crippen molar-refractivity contribution in [3.63, 3.8) is 0 Å². The van der Waals surface area contributed by atoms with Crippen LogP contribution in [0.4, 0.5) is 10.8 Å². The van der Waals surface area contributed by atoms with E-state index in [0.717, 1.165) is 54.6 Å². The lowest BCUT2D eigenvalue weighted by atomic mass is 9.95. The fraction of sp³-hybridized carbons (Fsp3) is 0.304. The second-order valence-corrected chi connectivity index (χ2v) is 8.25. The molecule has 2 N–H and O–H groups in total. The lowest BCUT2D eigenvalue weighted by molar-refractivity contribution is -0.126.